The number of halogens is 1. The number of hydrogen-bond acceptors (Lipinski definition) is 2. The van der Waals surface area contributed by atoms with Gasteiger partial charge in [0.15, 0.2) is 0 Å². The minimum atomic E-state index is -0.181. The molecular formula is C23H25FN4O. The molecule has 0 bridgehead atoms. The number of H-pyrrole nitrogens is 1. The first-order chi connectivity index (χ1) is 14.2. The van der Waals surface area contributed by atoms with Crippen molar-refractivity contribution >= 4 is 21.9 Å². The Balaban J connectivity index is 1.18. The number of aromatic amines is 1. The van der Waals surface area contributed by atoms with E-state index in [0.29, 0.717) is 6.04 Å². The summed E-state index contributed by atoms with van der Waals surface area (Å²) in [5, 5.41) is 0.969. The number of imidazole rings is 1. The summed E-state index contributed by atoms with van der Waals surface area (Å²) in [4.78, 5) is 17.6. The van der Waals surface area contributed by atoms with Gasteiger partial charge in [0, 0.05) is 42.8 Å². The first-order valence-corrected chi connectivity index (χ1v) is 10.3. The molecule has 1 aliphatic heterocycles. The third kappa shape index (κ3) is 3.49. The number of piperidine rings is 1. The Morgan fingerprint density at radius 1 is 1.00 bits per heavy atom. The van der Waals surface area contributed by atoms with Crippen LogP contribution in [0.4, 0.5) is 4.39 Å². The van der Waals surface area contributed by atoms with Crippen LogP contribution >= 0.6 is 0 Å². The lowest BCUT2D eigenvalue weighted by molar-refractivity contribution is 0.184. The van der Waals surface area contributed by atoms with Crippen LogP contribution in [0.15, 0.2) is 59.5 Å². The average molecular weight is 392 g/mol. The molecule has 0 radical (unpaired) electrons. The first kappa shape index (κ1) is 18.2. The minimum Gasteiger partial charge on any atom is -0.344 e. The second-order valence-electron chi connectivity index (χ2n) is 7.95. The lowest BCUT2D eigenvalue weighted by atomic mass is 10.0. The smallest absolute Gasteiger partial charge is 0.326 e. The maximum Gasteiger partial charge on any atom is 0.326 e. The zero-order valence-electron chi connectivity index (χ0n) is 16.4. The van der Waals surface area contributed by atoms with Gasteiger partial charge in [0.05, 0.1) is 11.0 Å². The first-order valence-electron chi connectivity index (χ1n) is 10.3. The Morgan fingerprint density at radius 3 is 2.69 bits per heavy atom. The van der Waals surface area contributed by atoms with E-state index < -0.39 is 0 Å². The van der Waals surface area contributed by atoms with Crippen molar-refractivity contribution in [1.29, 1.82) is 0 Å². The van der Waals surface area contributed by atoms with Crippen molar-refractivity contribution in [2.45, 2.75) is 31.8 Å². The van der Waals surface area contributed by atoms with Crippen molar-refractivity contribution in [2.24, 2.45) is 0 Å². The molecule has 150 valence electrons. The molecule has 0 atom stereocenters. The SMILES string of the molecule is O=c1[nH]c2ccccc2n1CCCN1CCC(n2ccc3cc(F)ccc32)CC1. The molecule has 4 aromatic rings. The van der Waals surface area contributed by atoms with Crippen LogP contribution in [0.5, 0.6) is 0 Å². The van der Waals surface area contributed by atoms with Gasteiger partial charge in [-0.05, 0) is 62.2 Å². The largest absolute Gasteiger partial charge is 0.344 e. The Bertz CT molecular complexity index is 1200. The highest BCUT2D eigenvalue weighted by atomic mass is 19.1. The number of fused-ring (bicyclic) bond motifs is 2. The number of nitrogens with zero attached hydrogens (tertiary/aromatic N) is 3. The van der Waals surface area contributed by atoms with Crippen LogP contribution in [0.2, 0.25) is 0 Å². The van der Waals surface area contributed by atoms with Crippen molar-refractivity contribution in [3.63, 3.8) is 0 Å². The predicted octanol–water partition coefficient (Wildman–Crippen LogP) is 4.15. The summed E-state index contributed by atoms with van der Waals surface area (Å²) in [5.74, 6) is -0.181. The number of hydrogen-bond donors (Lipinski definition) is 1. The van der Waals surface area contributed by atoms with Crippen LogP contribution in [-0.2, 0) is 6.54 Å². The normalized spacial score (nSPS) is 16.2. The van der Waals surface area contributed by atoms with E-state index in [1.165, 1.54) is 0 Å². The Kier molecular flexibility index (Phi) is 4.72. The molecule has 0 amide bonds. The van der Waals surface area contributed by atoms with Crippen LogP contribution in [0.1, 0.15) is 25.3 Å². The molecule has 0 saturated carbocycles. The summed E-state index contributed by atoms with van der Waals surface area (Å²) >= 11 is 0. The van der Waals surface area contributed by atoms with Gasteiger partial charge in [0.1, 0.15) is 5.82 Å². The number of aromatic nitrogens is 3. The van der Waals surface area contributed by atoms with E-state index in [1.807, 2.05) is 41.0 Å². The summed E-state index contributed by atoms with van der Waals surface area (Å²) in [6.45, 7) is 3.83. The molecule has 29 heavy (non-hydrogen) atoms. The maximum absolute atomic E-state index is 13.4. The molecule has 6 heteroatoms. The summed E-state index contributed by atoms with van der Waals surface area (Å²) < 4.78 is 17.6. The van der Waals surface area contributed by atoms with E-state index in [0.717, 1.165) is 67.4 Å². The minimum absolute atomic E-state index is 0.0270. The number of benzene rings is 2. The zero-order valence-corrected chi connectivity index (χ0v) is 16.4. The molecule has 0 aliphatic carbocycles. The van der Waals surface area contributed by atoms with E-state index in [4.69, 9.17) is 0 Å². The lowest BCUT2D eigenvalue weighted by Gasteiger charge is -2.33. The fourth-order valence-electron chi connectivity index (χ4n) is 4.66. The van der Waals surface area contributed by atoms with Crippen LogP contribution < -0.4 is 5.69 Å². The van der Waals surface area contributed by atoms with Gasteiger partial charge < -0.3 is 14.5 Å². The standard InChI is InChI=1S/C23H25FN4O/c24-18-6-7-21-17(16-18)8-15-27(21)19-9-13-26(14-10-19)11-3-12-28-22-5-2-1-4-20(22)25-23(28)29/h1-2,4-8,15-16,19H,3,9-14H2,(H,25,29). The van der Waals surface area contributed by atoms with E-state index >= 15 is 0 Å². The number of likely N-dealkylation sites (tertiary alicyclic amines) is 1. The van der Waals surface area contributed by atoms with E-state index in [1.54, 1.807) is 12.1 Å². The molecule has 1 fully saturated rings. The molecule has 5 nitrogen and oxygen atoms in total. The summed E-state index contributed by atoms with van der Waals surface area (Å²) in [6, 6.07) is 15.3. The third-order valence-electron chi connectivity index (χ3n) is 6.17. The Morgan fingerprint density at radius 2 is 1.83 bits per heavy atom. The Labute approximate surface area is 168 Å². The van der Waals surface area contributed by atoms with E-state index in [9.17, 15) is 9.18 Å². The fourth-order valence-corrected chi connectivity index (χ4v) is 4.66. The fraction of sp³-hybridized carbons (Fsp3) is 0.348. The molecular weight excluding hydrogens is 367 g/mol. The van der Waals surface area contributed by atoms with Gasteiger partial charge in [-0.25, -0.2) is 9.18 Å². The van der Waals surface area contributed by atoms with Gasteiger partial charge in [-0.3, -0.25) is 4.57 Å². The van der Waals surface area contributed by atoms with Gasteiger partial charge in [-0.1, -0.05) is 12.1 Å². The molecule has 1 N–H and O–H groups in total. The molecule has 1 saturated heterocycles. The quantitative estimate of drug-likeness (QED) is 0.555. The highest BCUT2D eigenvalue weighted by molar-refractivity contribution is 5.80. The highest BCUT2D eigenvalue weighted by Crippen LogP contribution is 2.28. The van der Waals surface area contributed by atoms with Gasteiger partial charge in [0.2, 0.25) is 0 Å². The van der Waals surface area contributed by atoms with Gasteiger partial charge in [-0.15, -0.1) is 0 Å². The lowest BCUT2D eigenvalue weighted by Crippen LogP contribution is -2.35. The van der Waals surface area contributed by atoms with Crippen molar-refractivity contribution < 1.29 is 4.39 Å². The molecule has 3 heterocycles. The molecule has 0 unspecified atom stereocenters. The second kappa shape index (κ2) is 7.52. The van der Waals surface area contributed by atoms with Crippen LogP contribution in [0.25, 0.3) is 21.9 Å². The monoisotopic (exact) mass is 392 g/mol. The van der Waals surface area contributed by atoms with Crippen molar-refractivity contribution in [2.75, 3.05) is 19.6 Å². The topological polar surface area (TPSA) is 46.0 Å². The summed E-state index contributed by atoms with van der Waals surface area (Å²) in [7, 11) is 0. The molecule has 2 aromatic heterocycles. The highest BCUT2D eigenvalue weighted by Gasteiger charge is 2.21. The van der Waals surface area contributed by atoms with Crippen molar-refractivity contribution in [3.05, 3.63) is 71.0 Å². The van der Waals surface area contributed by atoms with Crippen LogP contribution in [0.3, 0.4) is 0 Å². The van der Waals surface area contributed by atoms with Crippen LogP contribution in [-0.4, -0.2) is 38.7 Å². The zero-order chi connectivity index (χ0) is 19.8. The second-order valence-corrected chi connectivity index (χ2v) is 7.95. The van der Waals surface area contributed by atoms with E-state index in [2.05, 4.69) is 20.6 Å². The summed E-state index contributed by atoms with van der Waals surface area (Å²) in [6.07, 6.45) is 5.23. The third-order valence-corrected chi connectivity index (χ3v) is 6.17. The molecule has 5 rings (SSSR count). The number of rotatable bonds is 5. The van der Waals surface area contributed by atoms with Crippen LogP contribution in [0, 0.1) is 5.82 Å². The predicted molar refractivity (Wildman–Crippen MR) is 114 cm³/mol. The maximum atomic E-state index is 13.4. The average Bonchev–Trinajstić information content (AvgIpc) is 3.29. The van der Waals surface area contributed by atoms with Crippen molar-refractivity contribution in [1.82, 2.24) is 19.0 Å². The number of para-hydroxylation sites is 2. The number of aryl methyl sites for hydroxylation is 1. The molecule has 2 aromatic carbocycles. The van der Waals surface area contributed by atoms with Crippen molar-refractivity contribution in [3.8, 4) is 0 Å². The van der Waals surface area contributed by atoms with Gasteiger partial charge in [-0.2, -0.15) is 0 Å². The summed E-state index contributed by atoms with van der Waals surface area (Å²) in [5.41, 5.74) is 2.97. The van der Waals surface area contributed by atoms with Gasteiger partial charge >= 0.3 is 5.69 Å². The Hall–Kier alpha value is -2.86. The van der Waals surface area contributed by atoms with E-state index in [-0.39, 0.29) is 11.5 Å². The molecule has 0 spiro atoms. The number of nitrogens with one attached hydrogen (secondary N) is 1. The van der Waals surface area contributed by atoms with Gasteiger partial charge in [0.25, 0.3) is 0 Å². The molecule has 1 aliphatic rings.